The van der Waals surface area contributed by atoms with Gasteiger partial charge in [0.25, 0.3) is 11.8 Å². The van der Waals surface area contributed by atoms with Gasteiger partial charge < -0.3 is 5.32 Å². The van der Waals surface area contributed by atoms with Crippen molar-refractivity contribution in [1.29, 1.82) is 0 Å². The molecule has 30 heavy (non-hydrogen) atoms. The molecule has 6 heteroatoms. The highest BCUT2D eigenvalue weighted by molar-refractivity contribution is 6.46. The van der Waals surface area contributed by atoms with E-state index >= 15 is 0 Å². The van der Waals surface area contributed by atoms with Crippen molar-refractivity contribution in [3.05, 3.63) is 100.0 Å². The fourth-order valence-electron chi connectivity index (χ4n) is 3.44. The first-order valence-electron chi connectivity index (χ1n) is 9.34. The summed E-state index contributed by atoms with van der Waals surface area (Å²) in [5.41, 5.74) is 3.94. The van der Waals surface area contributed by atoms with Gasteiger partial charge in [0.2, 0.25) is 0 Å². The quantitative estimate of drug-likeness (QED) is 0.567. The lowest BCUT2D eigenvalue weighted by Gasteiger charge is -2.16. The largest absolute Gasteiger partial charge is 0.350 e. The maximum absolute atomic E-state index is 13.5. The van der Waals surface area contributed by atoms with E-state index in [9.17, 15) is 14.0 Å². The Morgan fingerprint density at radius 1 is 0.867 bits per heavy atom. The van der Waals surface area contributed by atoms with Gasteiger partial charge in [-0.3, -0.25) is 9.59 Å². The van der Waals surface area contributed by atoms with Crippen LogP contribution in [0.15, 0.2) is 72.4 Å². The summed E-state index contributed by atoms with van der Waals surface area (Å²) < 4.78 is 13.5. The number of carbonyl (C=O) groups excluding carboxylic acids is 2. The van der Waals surface area contributed by atoms with E-state index in [0.29, 0.717) is 22.0 Å². The predicted octanol–water partition coefficient (Wildman–Crippen LogP) is 5.49. The molecule has 2 amide bonds. The summed E-state index contributed by atoms with van der Waals surface area (Å²) in [7, 11) is 0. The Bertz CT molecular complexity index is 1180. The van der Waals surface area contributed by atoms with Gasteiger partial charge in [0, 0.05) is 10.7 Å². The number of imide groups is 1. The van der Waals surface area contributed by atoms with Gasteiger partial charge in [0.1, 0.15) is 11.5 Å². The van der Waals surface area contributed by atoms with Gasteiger partial charge >= 0.3 is 0 Å². The molecule has 3 aromatic rings. The molecule has 150 valence electrons. The van der Waals surface area contributed by atoms with Crippen LogP contribution in [0.5, 0.6) is 0 Å². The van der Waals surface area contributed by atoms with Crippen molar-refractivity contribution in [2.45, 2.75) is 13.8 Å². The van der Waals surface area contributed by atoms with Crippen molar-refractivity contribution < 1.29 is 14.0 Å². The minimum Gasteiger partial charge on any atom is -0.350 e. The van der Waals surface area contributed by atoms with Crippen LogP contribution in [0.4, 0.5) is 15.8 Å². The summed E-state index contributed by atoms with van der Waals surface area (Å²) in [6.45, 7) is 3.90. The van der Waals surface area contributed by atoms with Crippen LogP contribution in [-0.2, 0) is 9.59 Å². The van der Waals surface area contributed by atoms with E-state index in [0.717, 1.165) is 16.0 Å². The average Bonchev–Trinajstić information content (AvgIpc) is 2.95. The molecule has 3 aromatic carbocycles. The number of hydrogen-bond acceptors (Lipinski definition) is 3. The molecule has 0 atom stereocenters. The molecule has 0 saturated heterocycles. The van der Waals surface area contributed by atoms with Crippen LogP contribution in [0.2, 0.25) is 5.02 Å². The van der Waals surface area contributed by atoms with E-state index in [1.54, 1.807) is 24.3 Å². The van der Waals surface area contributed by atoms with Crippen LogP contribution < -0.4 is 10.2 Å². The zero-order valence-corrected chi connectivity index (χ0v) is 17.1. The van der Waals surface area contributed by atoms with Gasteiger partial charge in [-0.1, -0.05) is 41.4 Å². The summed E-state index contributed by atoms with van der Waals surface area (Å²) in [5, 5.41) is 3.64. The van der Waals surface area contributed by atoms with Crippen LogP contribution in [0.1, 0.15) is 16.7 Å². The number of carbonyl (C=O) groups is 2. The van der Waals surface area contributed by atoms with Gasteiger partial charge in [-0.2, -0.15) is 0 Å². The molecule has 1 heterocycles. The van der Waals surface area contributed by atoms with Gasteiger partial charge in [-0.15, -0.1) is 0 Å². The highest BCUT2D eigenvalue weighted by Crippen LogP contribution is 2.34. The molecule has 4 rings (SSSR count). The molecule has 0 radical (unpaired) electrons. The Hall–Kier alpha value is -3.44. The number of halogens is 2. The topological polar surface area (TPSA) is 49.4 Å². The van der Waals surface area contributed by atoms with Crippen molar-refractivity contribution >= 4 is 40.4 Å². The normalized spacial score (nSPS) is 13.9. The van der Waals surface area contributed by atoms with Gasteiger partial charge in [0.15, 0.2) is 0 Å². The third kappa shape index (κ3) is 3.60. The third-order valence-electron chi connectivity index (χ3n) is 4.94. The second kappa shape index (κ2) is 7.76. The lowest BCUT2D eigenvalue weighted by atomic mass is 10.0. The Balaban J connectivity index is 1.83. The van der Waals surface area contributed by atoms with E-state index in [1.807, 2.05) is 32.0 Å². The Morgan fingerprint density at radius 2 is 1.53 bits per heavy atom. The summed E-state index contributed by atoms with van der Waals surface area (Å²) in [5.74, 6) is -1.39. The molecule has 0 spiro atoms. The fourth-order valence-corrected chi connectivity index (χ4v) is 3.57. The molecule has 1 N–H and O–H groups in total. The van der Waals surface area contributed by atoms with E-state index in [2.05, 4.69) is 5.32 Å². The lowest BCUT2D eigenvalue weighted by Crippen LogP contribution is -2.32. The number of amides is 2. The van der Waals surface area contributed by atoms with Crippen LogP contribution in [0, 0.1) is 19.7 Å². The summed E-state index contributed by atoms with van der Waals surface area (Å²) in [6.07, 6.45) is 0. The van der Waals surface area contributed by atoms with Crippen molar-refractivity contribution in [2.75, 3.05) is 10.2 Å². The fraction of sp³-hybridized carbons (Fsp3) is 0.0833. The number of aryl methyl sites for hydroxylation is 2. The number of nitrogens with zero attached hydrogens (tertiary/aromatic N) is 1. The number of anilines is 2. The molecule has 0 unspecified atom stereocenters. The van der Waals surface area contributed by atoms with Crippen molar-refractivity contribution in [3.8, 4) is 0 Å². The monoisotopic (exact) mass is 420 g/mol. The van der Waals surface area contributed by atoms with Crippen LogP contribution in [0.3, 0.4) is 0 Å². The van der Waals surface area contributed by atoms with Crippen molar-refractivity contribution in [3.63, 3.8) is 0 Å². The molecule has 0 saturated carbocycles. The van der Waals surface area contributed by atoms with E-state index in [-0.39, 0.29) is 11.3 Å². The first-order chi connectivity index (χ1) is 14.3. The SMILES string of the molecule is Cc1ccc(NC2=C(c3ccc(F)cc3)C(=O)N(c3ccc(Cl)cc3)C2=O)c(C)c1. The first-order valence-corrected chi connectivity index (χ1v) is 9.72. The number of hydrogen-bond donors (Lipinski definition) is 1. The molecule has 4 nitrogen and oxygen atoms in total. The molecular formula is C24H18ClFN2O2. The molecule has 1 aliphatic heterocycles. The minimum atomic E-state index is -0.485. The highest BCUT2D eigenvalue weighted by atomic mass is 35.5. The second-order valence-electron chi connectivity index (χ2n) is 7.12. The van der Waals surface area contributed by atoms with Crippen molar-refractivity contribution in [2.24, 2.45) is 0 Å². The molecular weight excluding hydrogens is 403 g/mol. The zero-order valence-electron chi connectivity index (χ0n) is 16.4. The predicted molar refractivity (Wildman–Crippen MR) is 117 cm³/mol. The van der Waals surface area contributed by atoms with Crippen LogP contribution in [-0.4, -0.2) is 11.8 Å². The molecule has 1 aliphatic rings. The molecule has 0 aliphatic carbocycles. The Labute approximate surface area is 178 Å². The summed E-state index contributed by atoms with van der Waals surface area (Å²) in [6, 6.07) is 17.7. The maximum Gasteiger partial charge on any atom is 0.282 e. The number of rotatable bonds is 4. The second-order valence-corrected chi connectivity index (χ2v) is 7.56. The first kappa shape index (κ1) is 19.9. The minimum absolute atomic E-state index is 0.147. The maximum atomic E-state index is 13.5. The lowest BCUT2D eigenvalue weighted by molar-refractivity contribution is -0.120. The number of benzene rings is 3. The number of nitrogens with one attached hydrogen (secondary N) is 1. The summed E-state index contributed by atoms with van der Waals surface area (Å²) >= 11 is 5.95. The molecule has 0 aromatic heterocycles. The van der Waals surface area contributed by atoms with E-state index in [1.165, 1.54) is 24.3 Å². The van der Waals surface area contributed by atoms with Gasteiger partial charge in [-0.25, -0.2) is 9.29 Å². The third-order valence-corrected chi connectivity index (χ3v) is 5.20. The van der Waals surface area contributed by atoms with Crippen LogP contribution in [0.25, 0.3) is 5.57 Å². The van der Waals surface area contributed by atoms with Gasteiger partial charge in [0.05, 0.1) is 11.3 Å². The standard InChI is InChI=1S/C24H18ClFN2O2/c1-14-3-12-20(15(2)13-14)27-22-21(16-4-8-18(26)9-5-16)23(29)28(24(22)30)19-10-6-17(25)7-11-19/h3-13,27H,1-2H3. The van der Waals surface area contributed by atoms with Gasteiger partial charge in [-0.05, 0) is 67.4 Å². The van der Waals surface area contributed by atoms with E-state index in [4.69, 9.17) is 11.6 Å². The zero-order chi connectivity index (χ0) is 21.4. The molecule has 0 fully saturated rings. The van der Waals surface area contributed by atoms with E-state index < -0.39 is 17.6 Å². The smallest absolute Gasteiger partial charge is 0.282 e. The molecule has 0 bridgehead atoms. The van der Waals surface area contributed by atoms with Crippen LogP contribution >= 0.6 is 11.6 Å². The summed E-state index contributed by atoms with van der Waals surface area (Å²) in [4.78, 5) is 27.7. The Morgan fingerprint density at radius 3 is 2.17 bits per heavy atom. The average molecular weight is 421 g/mol. The highest BCUT2D eigenvalue weighted by Gasteiger charge is 2.40. The Kier molecular flexibility index (Phi) is 5.14. The van der Waals surface area contributed by atoms with Crippen molar-refractivity contribution in [1.82, 2.24) is 0 Å².